The molecule has 1 aromatic carbocycles. The second-order valence-corrected chi connectivity index (χ2v) is 5.87. The maximum atomic E-state index is 9.30. The van der Waals surface area contributed by atoms with E-state index in [1.54, 1.807) is 6.07 Å². The highest BCUT2D eigenvalue weighted by molar-refractivity contribution is 6.30. The molecule has 0 spiro atoms. The number of nitriles is 1. The van der Waals surface area contributed by atoms with Gasteiger partial charge in [0.15, 0.2) is 0 Å². The molecule has 1 aliphatic rings. The van der Waals surface area contributed by atoms with Crippen molar-refractivity contribution in [2.45, 2.75) is 26.2 Å². The number of benzene rings is 1. The highest BCUT2D eigenvalue weighted by Gasteiger charge is 2.19. The van der Waals surface area contributed by atoms with Crippen molar-refractivity contribution >= 4 is 17.3 Å². The predicted octanol–water partition coefficient (Wildman–Crippen LogP) is 3.43. The molecule has 20 heavy (non-hydrogen) atoms. The van der Waals surface area contributed by atoms with Gasteiger partial charge in [-0.15, -0.1) is 0 Å². The fourth-order valence-corrected chi connectivity index (χ4v) is 3.00. The summed E-state index contributed by atoms with van der Waals surface area (Å²) < 4.78 is 0. The molecule has 0 amide bonds. The molecular formula is C16H22ClN3. The zero-order valence-electron chi connectivity index (χ0n) is 12.0. The van der Waals surface area contributed by atoms with E-state index in [0.29, 0.717) is 16.5 Å². The molecule has 1 atom stereocenters. The molecule has 3 nitrogen and oxygen atoms in total. The van der Waals surface area contributed by atoms with E-state index in [2.05, 4.69) is 23.2 Å². The molecule has 4 heteroatoms. The summed E-state index contributed by atoms with van der Waals surface area (Å²) in [7, 11) is 0. The average molecular weight is 292 g/mol. The molecule has 1 saturated heterocycles. The Labute approximate surface area is 126 Å². The van der Waals surface area contributed by atoms with Crippen molar-refractivity contribution in [3.8, 4) is 6.07 Å². The van der Waals surface area contributed by atoms with E-state index in [4.69, 9.17) is 11.6 Å². The molecule has 1 fully saturated rings. The molecule has 0 saturated carbocycles. The van der Waals surface area contributed by atoms with Gasteiger partial charge < -0.3 is 10.2 Å². The van der Waals surface area contributed by atoms with Gasteiger partial charge in [-0.1, -0.05) is 18.5 Å². The van der Waals surface area contributed by atoms with Crippen molar-refractivity contribution in [3.63, 3.8) is 0 Å². The number of nitrogens with one attached hydrogen (secondary N) is 1. The van der Waals surface area contributed by atoms with Crippen molar-refractivity contribution in [1.82, 2.24) is 5.32 Å². The van der Waals surface area contributed by atoms with Crippen LogP contribution in [0, 0.1) is 17.2 Å². The minimum absolute atomic E-state index is 0.654. The largest absolute Gasteiger partial charge is 0.370 e. The fraction of sp³-hybridized carbons (Fsp3) is 0.562. The molecule has 1 aromatic rings. The van der Waals surface area contributed by atoms with Gasteiger partial charge in [-0.2, -0.15) is 5.26 Å². The average Bonchev–Trinajstić information content (AvgIpc) is 2.48. The number of piperidine rings is 1. The maximum absolute atomic E-state index is 9.30. The standard InChI is InChI=1S/C16H22ClN3/c1-2-8-20(12-13-4-3-7-19-11-13)16-9-15(17)6-5-14(16)10-18/h5-6,9,13,19H,2-4,7-8,11-12H2,1H3. The van der Waals surface area contributed by atoms with Crippen LogP contribution in [0.15, 0.2) is 18.2 Å². The van der Waals surface area contributed by atoms with Gasteiger partial charge >= 0.3 is 0 Å². The van der Waals surface area contributed by atoms with Gasteiger partial charge in [-0.05, 0) is 56.5 Å². The van der Waals surface area contributed by atoms with Crippen molar-refractivity contribution in [3.05, 3.63) is 28.8 Å². The summed E-state index contributed by atoms with van der Waals surface area (Å²) in [6.07, 6.45) is 3.57. The number of hydrogen-bond acceptors (Lipinski definition) is 3. The lowest BCUT2D eigenvalue weighted by Crippen LogP contribution is -2.39. The van der Waals surface area contributed by atoms with Crippen LogP contribution in [0.1, 0.15) is 31.7 Å². The fourth-order valence-electron chi connectivity index (χ4n) is 2.83. The third-order valence-corrected chi connectivity index (χ3v) is 4.03. The number of hydrogen-bond donors (Lipinski definition) is 1. The van der Waals surface area contributed by atoms with Crippen LogP contribution in [0.5, 0.6) is 0 Å². The zero-order chi connectivity index (χ0) is 14.4. The number of halogens is 1. The number of rotatable bonds is 5. The Balaban J connectivity index is 2.18. The SMILES string of the molecule is CCCN(CC1CCCNC1)c1cc(Cl)ccc1C#N. The smallest absolute Gasteiger partial charge is 0.101 e. The molecule has 0 aliphatic carbocycles. The first-order valence-electron chi connectivity index (χ1n) is 7.40. The van der Waals surface area contributed by atoms with Crippen LogP contribution < -0.4 is 10.2 Å². The van der Waals surface area contributed by atoms with E-state index in [0.717, 1.165) is 38.3 Å². The van der Waals surface area contributed by atoms with Crippen LogP contribution in [0.3, 0.4) is 0 Å². The van der Waals surface area contributed by atoms with Crippen molar-refractivity contribution < 1.29 is 0 Å². The zero-order valence-corrected chi connectivity index (χ0v) is 12.8. The first-order chi connectivity index (χ1) is 9.74. The van der Waals surface area contributed by atoms with Gasteiger partial charge in [-0.25, -0.2) is 0 Å². The summed E-state index contributed by atoms with van der Waals surface area (Å²) in [6, 6.07) is 7.81. The molecule has 0 aromatic heterocycles. The Hall–Kier alpha value is -1.24. The lowest BCUT2D eigenvalue weighted by Gasteiger charge is -2.32. The Kier molecular flexibility index (Phi) is 5.70. The van der Waals surface area contributed by atoms with Crippen LogP contribution in [0.25, 0.3) is 0 Å². The van der Waals surface area contributed by atoms with E-state index in [9.17, 15) is 5.26 Å². The van der Waals surface area contributed by atoms with Crippen LogP contribution in [0.4, 0.5) is 5.69 Å². The molecule has 1 aliphatic heterocycles. The van der Waals surface area contributed by atoms with E-state index >= 15 is 0 Å². The quantitative estimate of drug-likeness (QED) is 0.903. The number of nitrogens with zero attached hydrogens (tertiary/aromatic N) is 2. The molecule has 1 N–H and O–H groups in total. The van der Waals surface area contributed by atoms with Crippen LogP contribution in [0.2, 0.25) is 5.02 Å². The highest BCUT2D eigenvalue weighted by Crippen LogP contribution is 2.26. The topological polar surface area (TPSA) is 39.1 Å². The Morgan fingerprint density at radius 2 is 2.35 bits per heavy atom. The van der Waals surface area contributed by atoms with E-state index in [1.807, 2.05) is 12.1 Å². The monoisotopic (exact) mass is 291 g/mol. The summed E-state index contributed by atoms with van der Waals surface area (Å²) in [5.41, 5.74) is 1.69. The van der Waals surface area contributed by atoms with E-state index in [-0.39, 0.29) is 0 Å². The first-order valence-corrected chi connectivity index (χ1v) is 7.77. The molecule has 2 rings (SSSR count). The normalized spacial score (nSPS) is 18.6. The van der Waals surface area contributed by atoms with Crippen LogP contribution >= 0.6 is 11.6 Å². The minimum Gasteiger partial charge on any atom is -0.370 e. The third-order valence-electron chi connectivity index (χ3n) is 3.79. The summed E-state index contributed by atoms with van der Waals surface area (Å²) >= 11 is 6.11. The summed E-state index contributed by atoms with van der Waals surface area (Å²) in [5.74, 6) is 0.654. The second kappa shape index (κ2) is 7.52. The molecule has 0 bridgehead atoms. The summed E-state index contributed by atoms with van der Waals surface area (Å²) in [5, 5.41) is 13.5. The van der Waals surface area contributed by atoms with Gasteiger partial charge in [-0.3, -0.25) is 0 Å². The Morgan fingerprint density at radius 1 is 1.50 bits per heavy atom. The molecular weight excluding hydrogens is 270 g/mol. The lowest BCUT2D eigenvalue weighted by molar-refractivity contribution is 0.376. The van der Waals surface area contributed by atoms with Gasteiger partial charge in [0.1, 0.15) is 6.07 Å². The summed E-state index contributed by atoms with van der Waals surface area (Å²) in [6.45, 7) is 6.33. The van der Waals surface area contributed by atoms with Gasteiger partial charge in [0.25, 0.3) is 0 Å². The van der Waals surface area contributed by atoms with Crippen molar-refractivity contribution in [2.75, 3.05) is 31.1 Å². The van der Waals surface area contributed by atoms with Gasteiger partial charge in [0.2, 0.25) is 0 Å². The lowest BCUT2D eigenvalue weighted by atomic mass is 9.98. The maximum Gasteiger partial charge on any atom is 0.101 e. The second-order valence-electron chi connectivity index (χ2n) is 5.43. The van der Waals surface area contributed by atoms with Crippen molar-refractivity contribution in [2.24, 2.45) is 5.92 Å². The first kappa shape index (κ1) is 15.2. The van der Waals surface area contributed by atoms with E-state index < -0.39 is 0 Å². The van der Waals surface area contributed by atoms with Gasteiger partial charge in [0, 0.05) is 18.1 Å². The van der Waals surface area contributed by atoms with Crippen LogP contribution in [-0.2, 0) is 0 Å². The molecule has 1 heterocycles. The van der Waals surface area contributed by atoms with Crippen molar-refractivity contribution in [1.29, 1.82) is 5.26 Å². The van der Waals surface area contributed by atoms with E-state index in [1.165, 1.54) is 12.8 Å². The number of anilines is 1. The third kappa shape index (κ3) is 3.88. The van der Waals surface area contributed by atoms with Crippen LogP contribution in [-0.4, -0.2) is 26.2 Å². The predicted molar refractivity (Wildman–Crippen MR) is 84.3 cm³/mol. The molecule has 1 unspecified atom stereocenters. The molecule has 0 radical (unpaired) electrons. The minimum atomic E-state index is 0.654. The Morgan fingerprint density at radius 3 is 3.00 bits per heavy atom. The Bertz CT molecular complexity index is 475. The summed E-state index contributed by atoms with van der Waals surface area (Å²) in [4.78, 5) is 2.32. The molecule has 108 valence electrons. The van der Waals surface area contributed by atoms with Gasteiger partial charge in [0.05, 0.1) is 11.3 Å². The highest BCUT2D eigenvalue weighted by atomic mass is 35.5.